The van der Waals surface area contributed by atoms with Gasteiger partial charge in [-0.3, -0.25) is 0 Å². The second kappa shape index (κ2) is 9.64. The Hall–Kier alpha value is -1.75. The van der Waals surface area contributed by atoms with E-state index in [-0.39, 0.29) is 5.19 Å². The highest BCUT2D eigenvalue weighted by Crippen LogP contribution is 2.64. The third-order valence-electron chi connectivity index (χ3n) is 7.49. The van der Waals surface area contributed by atoms with Crippen molar-refractivity contribution < 1.29 is 66.4 Å². The van der Waals surface area contributed by atoms with E-state index in [0.29, 0.717) is 0 Å². The summed E-state index contributed by atoms with van der Waals surface area (Å²) in [5, 5.41) is -0.121. The molecule has 1 aromatic carbocycles. The molecular formula is C23H26BF13O2Si. The SMILES string of the molecule is C=C(B1OC(C)(C)C(C)(C)O1)C(C(F)(F)C(F)(F)C(F)(F)C(F)(F)C(F)(F)C(F)(F)F)[Si](C)(C)c1ccccc1. The third kappa shape index (κ3) is 4.86. The van der Waals surface area contributed by atoms with Crippen molar-refractivity contribution >= 4 is 20.4 Å². The number of hydrogen-bond acceptors (Lipinski definition) is 2. The zero-order valence-corrected chi connectivity index (χ0v) is 23.0. The van der Waals surface area contributed by atoms with Gasteiger partial charge >= 0.3 is 42.9 Å². The van der Waals surface area contributed by atoms with Crippen molar-refractivity contribution in [2.45, 2.75) is 93.3 Å². The highest BCUT2D eigenvalue weighted by Gasteiger charge is 2.91. The fraction of sp³-hybridized carbons (Fsp3) is 0.652. The highest BCUT2D eigenvalue weighted by atomic mass is 28.3. The highest BCUT2D eigenvalue weighted by molar-refractivity contribution is 6.92. The summed E-state index contributed by atoms with van der Waals surface area (Å²) >= 11 is 0. The van der Waals surface area contributed by atoms with Crippen molar-refractivity contribution in [3.8, 4) is 0 Å². The summed E-state index contributed by atoms with van der Waals surface area (Å²) in [7, 11) is -6.38. The van der Waals surface area contributed by atoms with Gasteiger partial charge in [0.25, 0.3) is 0 Å². The zero-order valence-electron chi connectivity index (χ0n) is 22.0. The predicted octanol–water partition coefficient (Wildman–Crippen LogP) is 7.90. The second-order valence-electron chi connectivity index (χ2n) is 11.1. The van der Waals surface area contributed by atoms with E-state index >= 15 is 17.6 Å². The van der Waals surface area contributed by atoms with Gasteiger partial charge < -0.3 is 9.31 Å². The van der Waals surface area contributed by atoms with E-state index < -0.39 is 73.2 Å². The Morgan fingerprint density at radius 3 is 1.45 bits per heavy atom. The Kier molecular flexibility index (Phi) is 8.31. The van der Waals surface area contributed by atoms with Gasteiger partial charge in [-0.05, 0) is 33.2 Å². The van der Waals surface area contributed by atoms with Crippen LogP contribution in [0.2, 0.25) is 18.6 Å². The summed E-state index contributed by atoms with van der Waals surface area (Å²) in [6.07, 6.45) is -7.49. The minimum atomic E-state index is -8.00. The van der Waals surface area contributed by atoms with Crippen molar-refractivity contribution in [3.05, 3.63) is 42.4 Å². The van der Waals surface area contributed by atoms with Crippen LogP contribution in [0.15, 0.2) is 42.4 Å². The Morgan fingerprint density at radius 1 is 0.700 bits per heavy atom. The first kappa shape index (κ1) is 34.5. The molecule has 40 heavy (non-hydrogen) atoms. The summed E-state index contributed by atoms with van der Waals surface area (Å²) in [6, 6.07) is 6.21. The van der Waals surface area contributed by atoms with Gasteiger partial charge in [0, 0.05) is 5.54 Å². The molecule has 0 aliphatic carbocycles. The number of alkyl halides is 13. The molecule has 0 bridgehead atoms. The molecule has 1 aliphatic heterocycles. The van der Waals surface area contributed by atoms with Crippen molar-refractivity contribution in [2.24, 2.45) is 0 Å². The lowest BCUT2D eigenvalue weighted by molar-refractivity contribution is -0.439. The summed E-state index contributed by atoms with van der Waals surface area (Å²) in [4.78, 5) is 0. The Labute approximate surface area is 223 Å². The standard InChI is InChI=1S/C23H26BF13O2Si/c1-13(24-38-16(2,3)17(4,5)39-24)15(40(6,7)14-11-9-8-10-12-14)18(25,26)19(27,28)20(29,30)21(31,32)22(33,34)23(35,36)37/h8-12,15H,1H2,2-7H3. The zero-order chi connectivity index (χ0) is 31.8. The predicted molar refractivity (Wildman–Crippen MR) is 123 cm³/mol. The minimum Gasteiger partial charge on any atom is -0.400 e. The first-order chi connectivity index (χ1) is 17.5. The smallest absolute Gasteiger partial charge is 0.400 e. The fourth-order valence-corrected chi connectivity index (χ4v) is 7.81. The van der Waals surface area contributed by atoms with Gasteiger partial charge in [-0.15, -0.1) is 6.58 Å². The lowest BCUT2D eigenvalue weighted by Crippen LogP contribution is -2.72. The van der Waals surface area contributed by atoms with Crippen LogP contribution in [0.4, 0.5) is 57.1 Å². The second-order valence-corrected chi connectivity index (χ2v) is 15.7. The van der Waals surface area contributed by atoms with Gasteiger partial charge in [-0.2, -0.15) is 57.1 Å². The van der Waals surface area contributed by atoms with E-state index in [4.69, 9.17) is 9.31 Å². The van der Waals surface area contributed by atoms with Crippen LogP contribution in [0.1, 0.15) is 27.7 Å². The average molecular weight is 620 g/mol. The lowest BCUT2D eigenvalue weighted by atomic mass is 9.74. The minimum absolute atomic E-state index is 0.121. The summed E-state index contributed by atoms with van der Waals surface area (Å²) in [5.41, 5.74) is -6.99. The number of halogens is 13. The molecule has 17 heteroatoms. The molecule has 0 aromatic heterocycles. The van der Waals surface area contributed by atoms with Crippen molar-refractivity contribution in [1.29, 1.82) is 0 Å². The van der Waals surface area contributed by atoms with Gasteiger partial charge in [-0.25, -0.2) is 0 Å². The molecule has 2 rings (SSSR count). The molecule has 1 aliphatic rings. The molecule has 1 aromatic rings. The summed E-state index contributed by atoms with van der Waals surface area (Å²) in [6.45, 7) is 10.8. The monoisotopic (exact) mass is 620 g/mol. The normalized spacial score (nSPS) is 20.0. The number of rotatable bonds is 9. The van der Waals surface area contributed by atoms with Crippen molar-refractivity contribution in [1.82, 2.24) is 0 Å². The van der Waals surface area contributed by atoms with E-state index in [2.05, 4.69) is 6.58 Å². The molecule has 1 unspecified atom stereocenters. The number of allylic oxidation sites excluding steroid dienone is 1. The maximum absolute atomic E-state index is 15.8. The average Bonchev–Trinajstić information content (AvgIpc) is 2.99. The number of hydrogen-bond donors (Lipinski definition) is 0. The molecule has 0 spiro atoms. The van der Waals surface area contributed by atoms with E-state index in [1.807, 2.05) is 0 Å². The van der Waals surface area contributed by atoms with Crippen molar-refractivity contribution in [2.75, 3.05) is 0 Å². The third-order valence-corrected chi connectivity index (χ3v) is 11.5. The molecule has 1 saturated heterocycles. The Bertz CT molecular complexity index is 1090. The van der Waals surface area contributed by atoms with Gasteiger partial charge in [0.1, 0.15) is 0 Å². The molecule has 0 N–H and O–H groups in total. The molecule has 1 heterocycles. The molecular weight excluding hydrogens is 594 g/mol. The first-order valence-corrected chi connectivity index (χ1v) is 14.6. The Balaban J connectivity index is 2.81. The molecule has 1 atom stereocenters. The largest absolute Gasteiger partial charge is 0.490 e. The lowest BCUT2D eigenvalue weighted by Gasteiger charge is -2.46. The molecule has 228 valence electrons. The quantitative estimate of drug-likeness (QED) is 0.207. The van der Waals surface area contributed by atoms with Gasteiger partial charge in [0.05, 0.1) is 19.3 Å². The van der Waals surface area contributed by atoms with Crippen LogP contribution >= 0.6 is 0 Å². The van der Waals surface area contributed by atoms with Crippen LogP contribution < -0.4 is 5.19 Å². The van der Waals surface area contributed by atoms with Crippen LogP contribution in [-0.2, 0) is 9.31 Å². The van der Waals surface area contributed by atoms with Gasteiger partial charge in [-0.1, -0.05) is 48.6 Å². The van der Waals surface area contributed by atoms with Crippen LogP contribution in [0, 0.1) is 0 Å². The molecule has 1 fully saturated rings. The maximum atomic E-state index is 15.8. The van der Waals surface area contributed by atoms with Crippen molar-refractivity contribution in [3.63, 3.8) is 0 Å². The maximum Gasteiger partial charge on any atom is 0.490 e. The Morgan fingerprint density at radius 2 is 1.07 bits per heavy atom. The molecule has 0 saturated carbocycles. The summed E-state index contributed by atoms with van der Waals surface area (Å²) in [5.74, 6) is -37.6. The molecule has 0 radical (unpaired) electrons. The van der Waals surface area contributed by atoms with Crippen LogP contribution in [0.3, 0.4) is 0 Å². The molecule has 2 nitrogen and oxygen atoms in total. The summed E-state index contributed by atoms with van der Waals surface area (Å²) < 4.78 is 194. The van der Waals surface area contributed by atoms with E-state index in [1.54, 1.807) is 0 Å². The van der Waals surface area contributed by atoms with E-state index in [1.165, 1.54) is 45.9 Å². The first-order valence-electron chi connectivity index (χ1n) is 11.5. The van der Waals surface area contributed by atoms with E-state index in [0.717, 1.165) is 25.2 Å². The van der Waals surface area contributed by atoms with Gasteiger partial charge in [0.15, 0.2) is 0 Å². The number of benzene rings is 1. The van der Waals surface area contributed by atoms with Gasteiger partial charge in [0.2, 0.25) is 0 Å². The van der Waals surface area contributed by atoms with Crippen LogP contribution in [0.25, 0.3) is 0 Å². The van der Waals surface area contributed by atoms with E-state index in [9.17, 15) is 39.5 Å². The van der Waals surface area contributed by atoms with Crippen LogP contribution in [0.5, 0.6) is 0 Å². The fourth-order valence-electron chi connectivity index (χ4n) is 4.28. The van der Waals surface area contributed by atoms with Crippen LogP contribution in [-0.4, -0.2) is 62.2 Å². The molecule has 0 amide bonds. The topological polar surface area (TPSA) is 18.5 Å².